The van der Waals surface area contributed by atoms with Crippen molar-refractivity contribution in [3.8, 4) is 0 Å². The van der Waals surface area contributed by atoms with Crippen molar-refractivity contribution in [3.63, 3.8) is 0 Å². The van der Waals surface area contributed by atoms with Gasteiger partial charge in [0.1, 0.15) is 5.60 Å². The van der Waals surface area contributed by atoms with E-state index in [2.05, 4.69) is 15.5 Å². The van der Waals surface area contributed by atoms with Crippen molar-refractivity contribution in [1.29, 1.82) is 0 Å². The number of benzene rings is 1. The van der Waals surface area contributed by atoms with Gasteiger partial charge in [-0.15, -0.1) is 10.2 Å². The molecular weight excluding hydrogens is 266 g/mol. The topological polar surface area (TPSA) is 67.3 Å². The Kier molecular flexibility index (Phi) is 3.26. The van der Waals surface area contributed by atoms with E-state index in [0.717, 1.165) is 10.8 Å². The Morgan fingerprint density at radius 2 is 2.11 bits per heavy atom. The zero-order chi connectivity index (χ0) is 13.3. The molecular formula is C13H14ClN3O2. The number of hydrogen-bond acceptors (Lipinski definition) is 5. The molecule has 19 heavy (non-hydrogen) atoms. The molecule has 1 atom stereocenters. The lowest BCUT2D eigenvalue weighted by Gasteiger charge is -2.21. The van der Waals surface area contributed by atoms with Crippen molar-refractivity contribution in [2.75, 3.05) is 25.1 Å². The molecule has 1 aliphatic rings. The normalized spacial score (nSPS) is 22.8. The molecule has 5 nitrogen and oxygen atoms in total. The van der Waals surface area contributed by atoms with Gasteiger partial charge >= 0.3 is 0 Å². The second kappa shape index (κ2) is 4.92. The fourth-order valence-corrected chi connectivity index (χ4v) is 2.39. The van der Waals surface area contributed by atoms with E-state index < -0.39 is 5.60 Å². The molecule has 1 unspecified atom stereocenters. The number of nitrogens with one attached hydrogen (secondary N) is 1. The lowest BCUT2D eigenvalue weighted by Crippen LogP contribution is -2.37. The Morgan fingerprint density at radius 3 is 2.84 bits per heavy atom. The Labute approximate surface area is 115 Å². The predicted molar refractivity (Wildman–Crippen MR) is 73.4 cm³/mol. The summed E-state index contributed by atoms with van der Waals surface area (Å²) in [4.78, 5) is 0. The van der Waals surface area contributed by atoms with Crippen molar-refractivity contribution in [3.05, 3.63) is 29.4 Å². The Hall–Kier alpha value is -1.43. The number of anilines is 1. The maximum Gasteiger partial charge on any atom is 0.159 e. The van der Waals surface area contributed by atoms with Gasteiger partial charge in [-0.25, -0.2) is 0 Å². The number of halogens is 1. The third-order valence-corrected chi connectivity index (χ3v) is 3.59. The maximum absolute atomic E-state index is 10.2. The third-order valence-electron chi connectivity index (χ3n) is 3.31. The summed E-state index contributed by atoms with van der Waals surface area (Å²) in [5, 5.41) is 23.4. The summed E-state index contributed by atoms with van der Waals surface area (Å²) in [6.45, 7) is 1.32. The summed E-state index contributed by atoms with van der Waals surface area (Å²) in [7, 11) is 0. The summed E-state index contributed by atoms with van der Waals surface area (Å²) in [6, 6.07) is 7.63. The summed E-state index contributed by atoms with van der Waals surface area (Å²) in [6.07, 6.45) is 0.624. The average molecular weight is 280 g/mol. The first-order valence-corrected chi connectivity index (χ1v) is 6.51. The molecule has 0 radical (unpaired) electrons. The van der Waals surface area contributed by atoms with Gasteiger partial charge in [0, 0.05) is 30.3 Å². The minimum Gasteiger partial charge on any atom is -0.386 e. The van der Waals surface area contributed by atoms with Gasteiger partial charge < -0.3 is 15.2 Å². The Bertz CT molecular complexity index is 599. The van der Waals surface area contributed by atoms with E-state index in [4.69, 9.17) is 16.3 Å². The highest BCUT2D eigenvalue weighted by Gasteiger charge is 2.32. The molecule has 1 fully saturated rings. The second-order valence-electron chi connectivity index (χ2n) is 4.77. The predicted octanol–water partition coefficient (Wildman–Crippen LogP) is 1.85. The van der Waals surface area contributed by atoms with Gasteiger partial charge in [-0.3, -0.25) is 0 Å². The van der Waals surface area contributed by atoms with Crippen LogP contribution in [0.1, 0.15) is 6.42 Å². The third kappa shape index (κ3) is 2.49. The zero-order valence-corrected chi connectivity index (χ0v) is 11.0. The summed E-state index contributed by atoms with van der Waals surface area (Å²) >= 11 is 6.01. The molecule has 3 rings (SSSR count). The van der Waals surface area contributed by atoms with Crippen molar-refractivity contribution >= 4 is 28.2 Å². The molecule has 1 saturated heterocycles. The molecule has 2 N–H and O–H groups in total. The molecule has 0 amide bonds. The molecule has 2 aromatic rings. The Balaban J connectivity index is 1.87. The molecule has 0 spiro atoms. The van der Waals surface area contributed by atoms with Crippen LogP contribution in [0.3, 0.4) is 0 Å². The van der Waals surface area contributed by atoms with Crippen LogP contribution in [-0.2, 0) is 4.74 Å². The fourth-order valence-electron chi connectivity index (χ4n) is 2.19. The molecule has 0 saturated carbocycles. The van der Waals surface area contributed by atoms with Crippen LogP contribution < -0.4 is 5.32 Å². The molecule has 6 heteroatoms. The van der Waals surface area contributed by atoms with Gasteiger partial charge in [-0.1, -0.05) is 35.9 Å². The van der Waals surface area contributed by atoms with Crippen LogP contribution in [0.2, 0.25) is 5.15 Å². The number of fused-ring (bicyclic) bond motifs is 1. The highest BCUT2D eigenvalue weighted by Crippen LogP contribution is 2.26. The van der Waals surface area contributed by atoms with Crippen LogP contribution in [0.4, 0.5) is 5.82 Å². The molecule has 2 heterocycles. The largest absolute Gasteiger partial charge is 0.386 e. The minimum absolute atomic E-state index is 0.346. The first-order chi connectivity index (χ1) is 9.18. The molecule has 100 valence electrons. The summed E-state index contributed by atoms with van der Waals surface area (Å²) in [5.74, 6) is 0.625. The van der Waals surface area contributed by atoms with E-state index in [0.29, 0.717) is 37.2 Å². The maximum atomic E-state index is 10.2. The monoisotopic (exact) mass is 279 g/mol. The van der Waals surface area contributed by atoms with Crippen LogP contribution in [-0.4, -0.2) is 40.7 Å². The van der Waals surface area contributed by atoms with E-state index >= 15 is 0 Å². The second-order valence-corrected chi connectivity index (χ2v) is 5.12. The molecule has 1 aromatic carbocycles. The van der Waals surface area contributed by atoms with Crippen LogP contribution in [0, 0.1) is 0 Å². The van der Waals surface area contributed by atoms with E-state index in [1.54, 1.807) is 0 Å². The number of aliphatic hydroxyl groups is 1. The van der Waals surface area contributed by atoms with E-state index in [9.17, 15) is 5.11 Å². The lowest BCUT2D eigenvalue weighted by atomic mass is 10.0. The van der Waals surface area contributed by atoms with Crippen molar-refractivity contribution < 1.29 is 9.84 Å². The van der Waals surface area contributed by atoms with E-state index in [1.165, 1.54) is 0 Å². The quantitative estimate of drug-likeness (QED) is 0.897. The van der Waals surface area contributed by atoms with Gasteiger partial charge in [0.2, 0.25) is 0 Å². The average Bonchev–Trinajstić information content (AvgIpc) is 2.86. The van der Waals surface area contributed by atoms with Gasteiger partial charge in [-0.05, 0) is 0 Å². The first-order valence-electron chi connectivity index (χ1n) is 6.13. The van der Waals surface area contributed by atoms with Crippen LogP contribution in [0.5, 0.6) is 0 Å². The van der Waals surface area contributed by atoms with Gasteiger partial charge in [0.25, 0.3) is 0 Å². The molecule has 0 aliphatic carbocycles. The highest BCUT2D eigenvalue weighted by atomic mass is 35.5. The van der Waals surface area contributed by atoms with Gasteiger partial charge in [0.05, 0.1) is 6.61 Å². The molecule has 1 aliphatic heterocycles. The number of ether oxygens (including phenoxy) is 1. The number of aromatic nitrogens is 2. The van der Waals surface area contributed by atoms with Crippen LogP contribution >= 0.6 is 11.6 Å². The van der Waals surface area contributed by atoms with Crippen molar-refractivity contribution in [2.24, 2.45) is 0 Å². The van der Waals surface area contributed by atoms with E-state index in [1.807, 2.05) is 24.3 Å². The zero-order valence-electron chi connectivity index (χ0n) is 10.3. The lowest BCUT2D eigenvalue weighted by molar-refractivity contribution is 0.0381. The van der Waals surface area contributed by atoms with Crippen LogP contribution in [0.15, 0.2) is 24.3 Å². The van der Waals surface area contributed by atoms with Crippen molar-refractivity contribution in [2.45, 2.75) is 12.0 Å². The smallest absolute Gasteiger partial charge is 0.159 e. The SMILES string of the molecule is OC1(CNc2nnc(Cl)c3ccccc23)CCOC1. The van der Waals surface area contributed by atoms with Gasteiger partial charge in [-0.2, -0.15) is 0 Å². The van der Waals surface area contributed by atoms with Gasteiger partial charge in [0.15, 0.2) is 11.0 Å². The highest BCUT2D eigenvalue weighted by molar-refractivity contribution is 6.34. The van der Waals surface area contributed by atoms with Crippen molar-refractivity contribution in [1.82, 2.24) is 10.2 Å². The fraction of sp³-hybridized carbons (Fsp3) is 0.385. The van der Waals surface area contributed by atoms with E-state index in [-0.39, 0.29) is 0 Å². The summed E-state index contributed by atoms with van der Waals surface area (Å²) in [5.41, 5.74) is -0.831. The minimum atomic E-state index is -0.831. The molecule has 1 aromatic heterocycles. The number of rotatable bonds is 3. The van der Waals surface area contributed by atoms with Crippen LogP contribution in [0.25, 0.3) is 10.8 Å². The molecule has 0 bridgehead atoms. The number of nitrogens with zero attached hydrogens (tertiary/aromatic N) is 2. The number of hydrogen-bond donors (Lipinski definition) is 2. The standard InChI is InChI=1S/C13H14ClN3O2/c14-11-9-3-1-2-4-10(9)12(17-16-11)15-7-13(18)5-6-19-8-13/h1-4,18H,5-8H2,(H,15,17). The Morgan fingerprint density at radius 1 is 1.32 bits per heavy atom. The first kappa shape index (κ1) is 12.6. The summed E-state index contributed by atoms with van der Waals surface area (Å²) < 4.78 is 5.21.